The number of benzene rings is 2. The minimum atomic E-state index is -4.70. The smallest absolute Gasteiger partial charge is 0.355 e. The van der Waals surface area contributed by atoms with Gasteiger partial charge in [0.25, 0.3) is 0 Å². The highest BCUT2D eigenvalue weighted by molar-refractivity contribution is 7.89. The largest absolute Gasteiger partial charge is 0.416 e. The molecule has 0 saturated carbocycles. The number of aliphatic imine (C=N–C) groups is 1. The molecule has 0 amide bonds. The monoisotopic (exact) mass is 446 g/mol. The molecule has 0 aliphatic heterocycles. The van der Waals surface area contributed by atoms with Gasteiger partial charge in [-0.1, -0.05) is 36.4 Å². The lowest BCUT2D eigenvalue weighted by Crippen LogP contribution is -2.41. The molecule has 3 N–H and O–H groups in total. The van der Waals surface area contributed by atoms with E-state index in [4.69, 9.17) is 0 Å². The van der Waals surface area contributed by atoms with Crippen LogP contribution >= 0.6 is 0 Å². The van der Waals surface area contributed by atoms with Crippen molar-refractivity contribution in [1.29, 1.82) is 0 Å². The number of rotatable bonds is 8. The quantitative estimate of drug-likeness (QED) is 0.331. The maximum Gasteiger partial charge on any atom is 0.416 e. The summed E-state index contributed by atoms with van der Waals surface area (Å²) in [4.78, 5) is 3.85. The SMILES string of the molecule is CN=C(NCCS(=O)(=O)NCc1ccccc1)NCc1ccc(F)cc1C(F)(F)F. The first-order valence-electron chi connectivity index (χ1n) is 8.92. The summed E-state index contributed by atoms with van der Waals surface area (Å²) in [5, 5.41) is 5.39. The standard InChI is InChI=1S/C19H22F4N4O2S/c1-24-18(26-13-15-7-8-16(20)11-17(15)19(21,22)23)25-9-10-30(28,29)27-12-14-5-3-2-4-6-14/h2-8,11,27H,9-10,12-13H2,1H3,(H2,24,25,26). The van der Waals surface area contributed by atoms with E-state index in [0.717, 1.165) is 17.7 Å². The van der Waals surface area contributed by atoms with Crippen molar-refractivity contribution in [2.24, 2.45) is 4.99 Å². The minimum Gasteiger partial charge on any atom is -0.355 e. The van der Waals surface area contributed by atoms with Crippen molar-refractivity contribution >= 4 is 16.0 Å². The molecular formula is C19H22F4N4O2S. The van der Waals surface area contributed by atoms with Gasteiger partial charge in [-0.3, -0.25) is 4.99 Å². The molecule has 2 aromatic carbocycles. The molecule has 0 aromatic heterocycles. The molecule has 0 atom stereocenters. The zero-order chi connectivity index (χ0) is 22.2. The van der Waals surface area contributed by atoms with Gasteiger partial charge in [0.2, 0.25) is 10.0 Å². The normalized spacial score (nSPS) is 12.6. The van der Waals surface area contributed by atoms with Crippen molar-refractivity contribution in [2.45, 2.75) is 19.3 Å². The summed E-state index contributed by atoms with van der Waals surface area (Å²) in [6.07, 6.45) is -4.70. The maximum atomic E-state index is 13.2. The molecule has 2 aromatic rings. The molecule has 0 radical (unpaired) electrons. The Morgan fingerprint density at radius 3 is 2.37 bits per heavy atom. The van der Waals surface area contributed by atoms with Crippen molar-refractivity contribution in [3.63, 3.8) is 0 Å². The van der Waals surface area contributed by atoms with Crippen molar-refractivity contribution in [2.75, 3.05) is 19.3 Å². The highest BCUT2D eigenvalue weighted by Gasteiger charge is 2.33. The van der Waals surface area contributed by atoms with Crippen LogP contribution in [-0.2, 0) is 29.3 Å². The molecule has 0 aliphatic rings. The fraction of sp³-hybridized carbons (Fsp3) is 0.316. The number of halogens is 4. The lowest BCUT2D eigenvalue weighted by Gasteiger charge is -2.16. The molecule has 0 heterocycles. The molecule has 2 rings (SSSR count). The van der Waals surface area contributed by atoms with Gasteiger partial charge in [-0.15, -0.1) is 0 Å². The Kier molecular flexibility index (Phi) is 8.18. The van der Waals surface area contributed by atoms with Crippen LogP contribution in [0.25, 0.3) is 0 Å². The molecule has 0 bridgehead atoms. The zero-order valence-corrected chi connectivity index (χ0v) is 16.9. The number of sulfonamides is 1. The van der Waals surface area contributed by atoms with Gasteiger partial charge in [0.15, 0.2) is 5.96 Å². The van der Waals surface area contributed by atoms with E-state index in [0.29, 0.717) is 6.07 Å². The molecule has 30 heavy (non-hydrogen) atoms. The number of hydrogen-bond donors (Lipinski definition) is 3. The lowest BCUT2D eigenvalue weighted by molar-refractivity contribution is -0.138. The first-order chi connectivity index (χ1) is 14.1. The highest BCUT2D eigenvalue weighted by Crippen LogP contribution is 2.32. The summed E-state index contributed by atoms with van der Waals surface area (Å²) in [5.41, 5.74) is -0.437. The van der Waals surface area contributed by atoms with Crippen LogP contribution in [0.1, 0.15) is 16.7 Å². The highest BCUT2D eigenvalue weighted by atomic mass is 32.2. The van der Waals surface area contributed by atoms with Crippen LogP contribution in [0.3, 0.4) is 0 Å². The molecule has 0 fully saturated rings. The van der Waals surface area contributed by atoms with E-state index < -0.39 is 27.6 Å². The van der Waals surface area contributed by atoms with Crippen molar-refractivity contribution in [1.82, 2.24) is 15.4 Å². The van der Waals surface area contributed by atoms with Gasteiger partial charge >= 0.3 is 6.18 Å². The van der Waals surface area contributed by atoms with E-state index >= 15 is 0 Å². The summed E-state index contributed by atoms with van der Waals surface area (Å²) in [6, 6.07) is 11.4. The van der Waals surface area contributed by atoms with E-state index in [-0.39, 0.29) is 36.9 Å². The van der Waals surface area contributed by atoms with E-state index in [1.807, 2.05) is 6.07 Å². The van der Waals surface area contributed by atoms with Gasteiger partial charge in [0.1, 0.15) is 5.82 Å². The van der Waals surface area contributed by atoms with Crippen molar-refractivity contribution < 1.29 is 26.0 Å². The van der Waals surface area contributed by atoms with Crippen LogP contribution < -0.4 is 15.4 Å². The van der Waals surface area contributed by atoms with Crippen LogP contribution in [0.2, 0.25) is 0 Å². The Bertz CT molecular complexity index is 964. The number of nitrogens with zero attached hydrogens (tertiary/aromatic N) is 1. The summed E-state index contributed by atoms with van der Waals surface area (Å²) < 4.78 is 78.9. The third-order valence-corrected chi connectivity index (χ3v) is 5.38. The van der Waals surface area contributed by atoms with Gasteiger partial charge in [-0.25, -0.2) is 17.5 Å². The molecule has 0 spiro atoms. The van der Waals surface area contributed by atoms with Gasteiger partial charge < -0.3 is 10.6 Å². The Morgan fingerprint density at radius 2 is 1.73 bits per heavy atom. The first kappa shape index (κ1) is 23.6. The van der Waals surface area contributed by atoms with Crippen molar-refractivity contribution in [3.05, 3.63) is 71.0 Å². The van der Waals surface area contributed by atoms with Gasteiger partial charge in [0.05, 0.1) is 11.3 Å². The van der Waals surface area contributed by atoms with Gasteiger partial charge in [-0.05, 0) is 23.3 Å². The molecule has 0 saturated heterocycles. The zero-order valence-electron chi connectivity index (χ0n) is 16.1. The lowest BCUT2D eigenvalue weighted by atomic mass is 10.1. The van der Waals surface area contributed by atoms with E-state index in [2.05, 4.69) is 20.3 Å². The van der Waals surface area contributed by atoms with Gasteiger partial charge in [-0.2, -0.15) is 13.2 Å². The van der Waals surface area contributed by atoms with Crippen LogP contribution in [0.5, 0.6) is 0 Å². The third-order valence-electron chi connectivity index (χ3n) is 4.05. The Hall–Kier alpha value is -2.66. The van der Waals surface area contributed by atoms with E-state index in [1.54, 1.807) is 24.3 Å². The maximum absolute atomic E-state index is 13.2. The van der Waals surface area contributed by atoms with Crippen molar-refractivity contribution in [3.8, 4) is 0 Å². The van der Waals surface area contributed by atoms with Crippen LogP contribution in [0.4, 0.5) is 17.6 Å². The first-order valence-corrected chi connectivity index (χ1v) is 10.6. The van der Waals surface area contributed by atoms with Crippen LogP contribution in [-0.4, -0.2) is 33.7 Å². The summed E-state index contributed by atoms with van der Waals surface area (Å²) in [6.45, 7) is -0.131. The minimum absolute atomic E-state index is 0.0145. The Morgan fingerprint density at radius 1 is 1.03 bits per heavy atom. The topological polar surface area (TPSA) is 82.6 Å². The second kappa shape index (κ2) is 10.4. The predicted octanol–water partition coefficient (Wildman–Crippen LogP) is 2.63. The molecule has 0 aliphatic carbocycles. The molecule has 0 unspecified atom stereocenters. The Balaban J connectivity index is 1.85. The molecular weight excluding hydrogens is 424 g/mol. The average Bonchev–Trinajstić information content (AvgIpc) is 2.70. The molecule has 6 nitrogen and oxygen atoms in total. The molecule has 164 valence electrons. The average molecular weight is 446 g/mol. The Labute approximate surface area is 172 Å². The summed E-state index contributed by atoms with van der Waals surface area (Å²) in [5.74, 6) is -1.13. The van der Waals surface area contributed by atoms with E-state index in [9.17, 15) is 26.0 Å². The second-order valence-corrected chi connectivity index (χ2v) is 8.20. The third kappa shape index (κ3) is 7.64. The van der Waals surface area contributed by atoms with Crippen LogP contribution in [0, 0.1) is 5.82 Å². The van der Waals surface area contributed by atoms with Gasteiger partial charge in [0, 0.05) is 26.7 Å². The summed E-state index contributed by atoms with van der Waals surface area (Å²) >= 11 is 0. The molecule has 11 heteroatoms. The predicted molar refractivity (Wildman–Crippen MR) is 107 cm³/mol. The number of alkyl halides is 3. The second-order valence-electron chi connectivity index (χ2n) is 6.28. The number of nitrogens with one attached hydrogen (secondary N) is 3. The fourth-order valence-electron chi connectivity index (χ4n) is 2.53. The number of hydrogen-bond acceptors (Lipinski definition) is 3. The number of guanidine groups is 1. The van der Waals surface area contributed by atoms with E-state index in [1.165, 1.54) is 7.05 Å². The fourth-order valence-corrected chi connectivity index (χ4v) is 3.43. The summed E-state index contributed by atoms with van der Waals surface area (Å²) in [7, 11) is -2.17. The van der Waals surface area contributed by atoms with Crippen LogP contribution in [0.15, 0.2) is 53.5 Å².